The standard InChI is InChI=1S/C21H21BrN2O3/c1-14-8-17(9-14)21(25)24-23-12-16-10-18(22)20(19(11-16)26-2)27-13-15-6-4-3-5-7-15/h3-7,10-12,17H,1,8-9,13H2,2H3,(H,24,25). The minimum atomic E-state index is -0.0764. The molecule has 1 N–H and O–H groups in total. The molecular weight excluding hydrogens is 408 g/mol. The smallest absolute Gasteiger partial charge is 0.243 e. The van der Waals surface area contributed by atoms with Gasteiger partial charge in [-0.15, -0.1) is 0 Å². The summed E-state index contributed by atoms with van der Waals surface area (Å²) in [6.07, 6.45) is 3.07. The van der Waals surface area contributed by atoms with E-state index in [4.69, 9.17) is 9.47 Å². The monoisotopic (exact) mass is 428 g/mol. The van der Waals surface area contributed by atoms with E-state index in [0.717, 1.165) is 34.0 Å². The van der Waals surface area contributed by atoms with Crippen LogP contribution in [0.15, 0.2) is 64.2 Å². The third kappa shape index (κ3) is 4.98. The van der Waals surface area contributed by atoms with Gasteiger partial charge in [0.25, 0.3) is 0 Å². The van der Waals surface area contributed by atoms with Crippen molar-refractivity contribution >= 4 is 28.1 Å². The minimum Gasteiger partial charge on any atom is -0.493 e. The van der Waals surface area contributed by atoms with Crippen molar-refractivity contribution in [3.8, 4) is 11.5 Å². The first-order valence-electron chi connectivity index (χ1n) is 8.60. The maximum absolute atomic E-state index is 11.9. The van der Waals surface area contributed by atoms with Gasteiger partial charge in [-0.05, 0) is 52.0 Å². The predicted molar refractivity (Wildman–Crippen MR) is 109 cm³/mol. The first-order chi connectivity index (χ1) is 13.1. The molecule has 0 heterocycles. The van der Waals surface area contributed by atoms with Crippen LogP contribution in [-0.4, -0.2) is 19.2 Å². The summed E-state index contributed by atoms with van der Waals surface area (Å²) in [6.45, 7) is 4.28. The zero-order valence-electron chi connectivity index (χ0n) is 15.1. The third-order valence-corrected chi connectivity index (χ3v) is 4.90. The van der Waals surface area contributed by atoms with E-state index in [9.17, 15) is 4.79 Å². The SMILES string of the molecule is C=C1CC(C(=O)NN=Cc2cc(Br)c(OCc3ccccc3)c(OC)c2)C1. The van der Waals surface area contributed by atoms with Gasteiger partial charge < -0.3 is 9.47 Å². The van der Waals surface area contributed by atoms with Crippen LogP contribution in [-0.2, 0) is 11.4 Å². The number of hydrogen-bond donors (Lipinski definition) is 1. The van der Waals surface area contributed by atoms with Gasteiger partial charge in [0.1, 0.15) is 6.61 Å². The van der Waals surface area contributed by atoms with Crippen LogP contribution in [0, 0.1) is 5.92 Å². The highest BCUT2D eigenvalue weighted by Crippen LogP contribution is 2.37. The van der Waals surface area contributed by atoms with Crippen molar-refractivity contribution in [1.82, 2.24) is 5.43 Å². The van der Waals surface area contributed by atoms with Crippen molar-refractivity contribution in [2.24, 2.45) is 11.0 Å². The molecule has 1 fully saturated rings. The average molecular weight is 429 g/mol. The quantitative estimate of drug-likeness (QED) is 0.402. The summed E-state index contributed by atoms with van der Waals surface area (Å²) in [6, 6.07) is 13.6. The van der Waals surface area contributed by atoms with E-state index in [1.807, 2.05) is 42.5 Å². The van der Waals surface area contributed by atoms with Crippen LogP contribution in [0.1, 0.15) is 24.0 Å². The summed E-state index contributed by atoms with van der Waals surface area (Å²) in [7, 11) is 1.59. The van der Waals surface area contributed by atoms with Gasteiger partial charge in [0.05, 0.1) is 17.8 Å². The average Bonchev–Trinajstić information content (AvgIpc) is 2.65. The van der Waals surface area contributed by atoms with Gasteiger partial charge in [-0.1, -0.05) is 42.5 Å². The zero-order valence-corrected chi connectivity index (χ0v) is 16.7. The Balaban J connectivity index is 1.65. The Labute approximate surface area is 167 Å². The van der Waals surface area contributed by atoms with E-state index in [0.29, 0.717) is 18.1 Å². The molecular formula is C21H21BrN2O3. The number of methoxy groups -OCH3 is 1. The molecule has 0 unspecified atom stereocenters. The Hall–Kier alpha value is -2.60. The lowest BCUT2D eigenvalue weighted by Gasteiger charge is -2.25. The number of carbonyl (C=O) groups excluding carboxylic acids is 1. The van der Waals surface area contributed by atoms with Crippen LogP contribution >= 0.6 is 15.9 Å². The van der Waals surface area contributed by atoms with Gasteiger partial charge >= 0.3 is 0 Å². The predicted octanol–water partition coefficient (Wildman–Crippen LogP) is 4.45. The summed E-state index contributed by atoms with van der Waals surface area (Å²) in [5.41, 5.74) is 5.53. The number of hydrazone groups is 1. The number of nitrogens with one attached hydrogen (secondary N) is 1. The molecule has 0 bridgehead atoms. The number of rotatable bonds is 7. The maximum Gasteiger partial charge on any atom is 0.243 e. The Kier molecular flexibility index (Phi) is 6.29. The summed E-state index contributed by atoms with van der Waals surface area (Å²) < 4.78 is 12.1. The highest BCUT2D eigenvalue weighted by Gasteiger charge is 2.28. The second kappa shape index (κ2) is 8.86. The lowest BCUT2D eigenvalue weighted by molar-refractivity contribution is -0.126. The van der Waals surface area contributed by atoms with E-state index in [-0.39, 0.29) is 11.8 Å². The zero-order chi connectivity index (χ0) is 19.2. The van der Waals surface area contributed by atoms with Crippen molar-refractivity contribution in [2.45, 2.75) is 19.4 Å². The van der Waals surface area contributed by atoms with Crippen LogP contribution in [0.25, 0.3) is 0 Å². The number of ether oxygens (including phenoxy) is 2. The normalized spacial score (nSPS) is 14.1. The van der Waals surface area contributed by atoms with Crippen LogP contribution < -0.4 is 14.9 Å². The minimum absolute atomic E-state index is 0.00955. The molecule has 1 amide bonds. The van der Waals surface area contributed by atoms with E-state index < -0.39 is 0 Å². The number of nitrogens with zero attached hydrogens (tertiary/aromatic N) is 1. The molecule has 0 aliphatic heterocycles. The first kappa shape index (κ1) is 19.2. The van der Waals surface area contributed by atoms with Crippen LogP contribution in [0.5, 0.6) is 11.5 Å². The van der Waals surface area contributed by atoms with Crippen molar-refractivity contribution in [3.05, 3.63) is 70.2 Å². The van der Waals surface area contributed by atoms with Gasteiger partial charge in [0.2, 0.25) is 5.91 Å². The Morgan fingerprint density at radius 3 is 2.74 bits per heavy atom. The highest BCUT2D eigenvalue weighted by atomic mass is 79.9. The molecule has 1 aliphatic rings. The Bertz CT molecular complexity index is 857. The van der Waals surface area contributed by atoms with E-state index in [1.54, 1.807) is 13.3 Å². The number of benzene rings is 2. The molecule has 0 spiro atoms. The second-order valence-corrected chi connectivity index (χ2v) is 7.25. The molecule has 0 saturated heterocycles. The van der Waals surface area contributed by atoms with Gasteiger partial charge in [-0.3, -0.25) is 4.79 Å². The number of allylic oxidation sites excluding steroid dienone is 1. The van der Waals surface area contributed by atoms with Crippen LogP contribution in [0.4, 0.5) is 0 Å². The molecule has 2 aromatic rings. The molecule has 0 atom stereocenters. The summed E-state index contributed by atoms with van der Waals surface area (Å²) in [4.78, 5) is 11.9. The largest absolute Gasteiger partial charge is 0.493 e. The molecule has 0 radical (unpaired) electrons. The fourth-order valence-corrected chi connectivity index (χ4v) is 3.34. The van der Waals surface area contributed by atoms with Gasteiger partial charge in [-0.25, -0.2) is 5.43 Å². The topological polar surface area (TPSA) is 59.9 Å². The highest BCUT2D eigenvalue weighted by molar-refractivity contribution is 9.10. The number of carbonyl (C=O) groups is 1. The van der Waals surface area contributed by atoms with Gasteiger partial charge in [0, 0.05) is 5.92 Å². The van der Waals surface area contributed by atoms with Crippen LogP contribution in [0.3, 0.4) is 0 Å². The summed E-state index contributed by atoms with van der Waals surface area (Å²) in [5.74, 6) is 1.12. The number of hydrogen-bond acceptors (Lipinski definition) is 4. The fourth-order valence-electron chi connectivity index (χ4n) is 2.77. The lowest BCUT2D eigenvalue weighted by Crippen LogP contribution is -2.32. The molecule has 2 aromatic carbocycles. The van der Waals surface area contributed by atoms with E-state index in [2.05, 4.69) is 33.0 Å². The van der Waals surface area contributed by atoms with E-state index in [1.165, 1.54) is 0 Å². The Morgan fingerprint density at radius 2 is 2.07 bits per heavy atom. The maximum atomic E-state index is 11.9. The molecule has 0 aromatic heterocycles. The van der Waals surface area contributed by atoms with E-state index >= 15 is 0 Å². The van der Waals surface area contributed by atoms with Crippen molar-refractivity contribution in [2.75, 3.05) is 7.11 Å². The van der Waals surface area contributed by atoms with Gasteiger partial charge in [0.15, 0.2) is 11.5 Å². The fraction of sp³-hybridized carbons (Fsp3) is 0.238. The molecule has 27 heavy (non-hydrogen) atoms. The second-order valence-electron chi connectivity index (χ2n) is 6.40. The molecule has 1 aliphatic carbocycles. The van der Waals surface area contributed by atoms with Crippen molar-refractivity contribution < 1.29 is 14.3 Å². The molecule has 6 heteroatoms. The first-order valence-corrected chi connectivity index (χ1v) is 9.40. The Morgan fingerprint density at radius 1 is 1.33 bits per heavy atom. The number of halogens is 1. The molecule has 140 valence electrons. The lowest BCUT2D eigenvalue weighted by atomic mass is 9.81. The summed E-state index contributed by atoms with van der Waals surface area (Å²) >= 11 is 3.52. The summed E-state index contributed by atoms with van der Waals surface area (Å²) in [5, 5.41) is 4.04. The van der Waals surface area contributed by atoms with Gasteiger partial charge in [-0.2, -0.15) is 5.10 Å². The van der Waals surface area contributed by atoms with Crippen molar-refractivity contribution in [3.63, 3.8) is 0 Å². The van der Waals surface area contributed by atoms with Crippen molar-refractivity contribution in [1.29, 1.82) is 0 Å². The molecule has 5 nitrogen and oxygen atoms in total. The third-order valence-electron chi connectivity index (χ3n) is 4.31. The molecule has 3 rings (SSSR count). The van der Waals surface area contributed by atoms with Crippen LogP contribution in [0.2, 0.25) is 0 Å². The number of amides is 1. The molecule has 1 saturated carbocycles.